The van der Waals surface area contributed by atoms with Crippen molar-refractivity contribution in [3.05, 3.63) is 0 Å². The Morgan fingerprint density at radius 3 is 1.74 bits per heavy atom. The molecule has 0 aromatic heterocycles. The van der Waals surface area contributed by atoms with Gasteiger partial charge in [-0.2, -0.15) is 19.2 Å². The third-order valence-corrected chi connectivity index (χ3v) is 3.89. The molecule has 1 saturated carbocycles. The van der Waals surface area contributed by atoms with Crippen LogP contribution in [0.3, 0.4) is 0 Å². The molecule has 0 bridgehead atoms. The van der Waals surface area contributed by atoms with Gasteiger partial charge in [-0.05, 0) is 26.9 Å². The SMILES string of the molecule is CC(=O)O.CN(C)CCN(CC(=O)O)C1CCCCC1NCC(=O)O.O=C=O.O=C=O. The van der Waals surface area contributed by atoms with Crippen LogP contribution in [0, 0.1) is 0 Å². The van der Waals surface area contributed by atoms with Crippen molar-refractivity contribution in [2.45, 2.75) is 44.7 Å². The molecule has 0 radical (unpaired) electrons. The highest BCUT2D eigenvalue weighted by Crippen LogP contribution is 2.23. The molecule has 0 heterocycles. The van der Waals surface area contributed by atoms with Crippen molar-refractivity contribution in [3.63, 3.8) is 0 Å². The number of carbonyl (C=O) groups is 3. The summed E-state index contributed by atoms with van der Waals surface area (Å²) < 4.78 is 0. The predicted molar refractivity (Wildman–Crippen MR) is 103 cm³/mol. The molecular formula is C18H31N3O10. The lowest BCUT2D eigenvalue weighted by atomic mass is 9.89. The smallest absolute Gasteiger partial charge is 0.373 e. The first-order valence-electron chi connectivity index (χ1n) is 9.20. The zero-order valence-corrected chi connectivity index (χ0v) is 17.9. The second-order valence-corrected chi connectivity index (χ2v) is 6.59. The Bertz CT molecular complexity index is 569. The molecule has 13 heteroatoms. The van der Waals surface area contributed by atoms with Gasteiger partial charge in [0.1, 0.15) is 0 Å². The monoisotopic (exact) mass is 449 g/mol. The summed E-state index contributed by atoms with van der Waals surface area (Å²) in [5.41, 5.74) is 0. The molecule has 2 atom stereocenters. The number of carboxylic acid groups (broad SMARTS) is 3. The molecule has 0 saturated heterocycles. The minimum atomic E-state index is -0.877. The molecule has 1 aliphatic rings. The van der Waals surface area contributed by atoms with E-state index in [1.54, 1.807) is 0 Å². The highest BCUT2D eigenvalue weighted by molar-refractivity contribution is 5.69. The first-order valence-corrected chi connectivity index (χ1v) is 9.20. The van der Waals surface area contributed by atoms with Crippen molar-refractivity contribution < 1.29 is 48.9 Å². The van der Waals surface area contributed by atoms with E-state index in [2.05, 4.69) is 5.32 Å². The summed E-state index contributed by atoms with van der Waals surface area (Å²) in [6.07, 6.45) is 4.43. The van der Waals surface area contributed by atoms with E-state index in [1.807, 2.05) is 23.9 Å². The first-order chi connectivity index (χ1) is 14.5. The van der Waals surface area contributed by atoms with E-state index in [1.165, 1.54) is 0 Å². The van der Waals surface area contributed by atoms with Crippen LogP contribution in [0.5, 0.6) is 0 Å². The molecule has 13 nitrogen and oxygen atoms in total. The lowest BCUT2D eigenvalue weighted by Gasteiger charge is -2.40. The molecule has 0 aromatic rings. The second-order valence-electron chi connectivity index (χ2n) is 6.59. The molecule has 0 spiro atoms. The number of aliphatic carboxylic acids is 3. The summed E-state index contributed by atoms with van der Waals surface area (Å²) >= 11 is 0. The second kappa shape index (κ2) is 21.8. The fourth-order valence-corrected chi connectivity index (χ4v) is 2.87. The molecule has 4 N–H and O–H groups in total. The van der Waals surface area contributed by atoms with E-state index >= 15 is 0 Å². The molecule has 1 aliphatic carbocycles. The van der Waals surface area contributed by atoms with Crippen molar-refractivity contribution in [1.82, 2.24) is 15.1 Å². The van der Waals surface area contributed by atoms with Gasteiger partial charge in [0.05, 0.1) is 13.1 Å². The number of carboxylic acids is 3. The van der Waals surface area contributed by atoms with Crippen molar-refractivity contribution >= 4 is 30.2 Å². The molecule has 0 aliphatic heterocycles. The lowest BCUT2D eigenvalue weighted by Crippen LogP contribution is -2.55. The Hall–Kier alpha value is -2.95. The molecular weight excluding hydrogens is 418 g/mol. The van der Waals surface area contributed by atoms with Crippen LogP contribution in [-0.2, 0) is 33.6 Å². The van der Waals surface area contributed by atoms with Crippen molar-refractivity contribution in [1.29, 1.82) is 0 Å². The average Bonchev–Trinajstić information content (AvgIpc) is 2.64. The number of nitrogens with one attached hydrogen (secondary N) is 1. The van der Waals surface area contributed by atoms with Crippen LogP contribution in [0.1, 0.15) is 32.6 Å². The zero-order chi connectivity index (χ0) is 24.8. The fourth-order valence-electron chi connectivity index (χ4n) is 2.87. The maximum atomic E-state index is 11.1. The Kier molecular flexibility index (Phi) is 22.9. The Labute approximate surface area is 180 Å². The third-order valence-electron chi connectivity index (χ3n) is 3.89. The number of hydrogen-bond acceptors (Lipinski definition) is 10. The fraction of sp³-hybridized carbons (Fsp3) is 0.722. The van der Waals surface area contributed by atoms with E-state index in [9.17, 15) is 9.59 Å². The topological polar surface area (TPSA) is 199 Å². The molecule has 2 unspecified atom stereocenters. The van der Waals surface area contributed by atoms with Gasteiger partial charge >= 0.3 is 24.2 Å². The Morgan fingerprint density at radius 1 is 0.903 bits per heavy atom. The summed E-state index contributed by atoms with van der Waals surface area (Å²) in [5.74, 6) is -2.55. The maximum Gasteiger partial charge on any atom is 0.373 e. The minimum absolute atomic E-state index is 0.00373. The van der Waals surface area contributed by atoms with Gasteiger partial charge in [-0.1, -0.05) is 12.8 Å². The molecule has 1 rings (SSSR count). The quantitative estimate of drug-likeness (QED) is 0.329. The number of nitrogens with zero attached hydrogens (tertiary/aromatic N) is 2. The highest BCUT2D eigenvalue weighted by Gasteiger charge is 2.31. The standard InChI is InChI=1S/C14H27N3O4.C2H4O2.2CO2/c1-16(2)7-8-17(10-14(20)21)12-6-4-3-5-11(12)15-9-13(18)19;1-2(3)4;2*2-1-3/h11-12,15H,3-10H2,1-2H3,(H,18,19)(H,20,21);1H3,(H,3,4);;. The third kappa shape index (κ3) is 25.0. The van der Waals surface area contributed by atoms with Crippen molar-refractivity contribution in [3.8, 4) is 0 Å². The number of carbonyl (C=O) groups excluding carboxylic acids is 4. The van der Waals surface area contributed by atoms with Crippen molar-refractivity contribution in [2.24, 2.45) is 0 Å². The lowest BCUT2D eigenvalue weighted by molar-refractivity contribution is -0.193. The maximum absolute atomic E-state index is 11.1. The van der Waals surface area contributed by atoms with E-state index in [0.717, 1.165) is 39.2 Å². The molecule has 0 aromatic carbocycles. The van der Waals surface area contributed by atoms with Gasteiger partial charge in [0.2, 0.25) is 0 Å². The van der Waals surface area contributed by atoms with Crippen LogP contribution in [0.25, 0.3) is 0 Å². The first kappa shape index (κ1) is 32.7. The van der Waals surface area contributed by atoms with Crippen LogP contribution in [-0.4, -0.2) is 108 Å². The van der Waals surface area contributed by atoms with Gasteiger partial charge in [-0.25, -0.2) is 0 Å². The van der Waals surface area contributed by atoms with Gasteiger partial charge in [-0.3, -0.25) is 19.3 Å². The van der Waals surface area contributed by atoms with Crippen LogP contribution >= 0.6 is 0 Å². The molecule has 1 fully saturated rings. The van der Waals surface area contributed by atoms with Gasteiger partial charge in [-0.15, -0.1) is 0 Å². The summed E-state index contributed by atoms with van der Waals surface area (Å²) in [4.78, 5) is 67.3. The Morgan fingerprint density at radius 2 is 1.35 bits per heavy atom. The summed E-state index contributed by atoms with van der Waals surface area (Å²) in [7, 11) is 3.92. The largest absolute Gasteiger partial charge is 0.481 e. The zero-order valence-electron chi connectivity index (χ0n) is 17.9. The summed E-state index contributed by atoms with van der Waals surface area (Å²) in [6.45, 7) is 2.48. The van der Waals surface area contributed by atoms with Gasteiger partial charge in [0, 0.05) is 32.1 Å². The highest BCUT2D eigenvalue weighted by atomic mass is 16.4. The van der Waals surface area contributed by atoms with Crippen LogP contribution in [0.15, 0.2) is 0 Å². The van der Waals surface area contributed by atoms with Crippen molar-refractivity contribution in [2.75, 3.05) is 40.3 Å². The normalized spacial score (nSPS) is 16.7. The van der Waals surface area contributed by atoms with Gasteiger partial charge in [0.15, 0.2) is 0 Å². The average molecular weight is 449 g/mol. The number of hydrogen-bond donors (Lipinski definition) is 4. The molecule has 0 amide bonds. The summed E-state index contributed by atoms with van der Waals surface area (Å²) in [6, 6.07) is 0.144. The number of likely N-dealkylation sites (N-methyl/N-ethyl adjacent to an activating group) is 1. The van der Waals surface area contributed by atoms with Crippen LogP contribution in [0.2, 0.25) is 0 Å². The van der Waals surface area contributed by atoms with E-state index < -0.39 is 17.9 Å². The van der Waals surface area contributed by atoms with E-state index in [4.69, 9.17) is 39.3 Å². The van der Waals surface area contributed by atoms with E-state index in [0.29, 0.717) is 6.54 Å². The van der Waals surface area contributed by atoms with Gasteiger partial charge < -0.3 is 25.5 Å². The van der Waals surface area contributed by atoms with Crippen LogP contribution in [0.4, 0.5) is 0 Å². The summed E-state index contributed by atoms with van der Waals surface area (Å²) in [5, 5.41) is 28.4. The molecule has 178 valence electrons. The Balaban J connectivity index is -0.000000659. The molecule has 31 heavy (non-hydrogen) atoms. The number of rotatable bonds is 9. The van der Waals surface area contributed by atoms with Gasteiger partial charge in [0.25, 0.3) is 5.97 Å². The van der Waals surface area contributed by atoms with E-state index in [-0.39, 0.29) is 37.5 Å². The predicted octanol–water partition coefficient (Wildman–Crippen LogP) is -1.16. The van der Waals surface area contributed by atoms with Crippen LogP contribution < -0.4 is 5.32 Å². The minimum Gasteiger partial charge on any atom is -0.481 e.